The minimum Gasteiger partial charge on any atom is -0.352 e. The summed E-state index contributed by atoms with van der Waals surface area (Å²) in [6, 6.07) is 5.49. The van der Waals surface area contributed by atoms with E-state index in [1.54, 1.807) is 6.07 Å². The number of amides is 2. The summed E-state index contributed by atoms with van der Waals surface area (Å²) in [6.07, 6.45) is 3.54. The van der Waals surface area contributed by atoms with Crippen molar-refractivity contribution in [3.8, 4) is 0 Å². The predicted molar refractivity (Wildman–Crippen MR) is 88.6 cm³/mol. The first-order valence-electron chi connectivity index (χ1n) is 7.64. The van der Waals surface area contributed by atoms with Gasteiger partial charge >= 0.3 is 0 Å². The zero-order chi connectivity index (χ0) is 14.7. The number of benzene rings is 1. The Hall–Kier alpha value is -1.59. The van der Waals surface area contributed by atoms with Gasteiger partial charge in [0.05, 0.1) is 0 Å². The lowest BCUT2D eigenvalue weighted by Gasteiger charge is -2.23. The number of fused-ring (bicyclic) bond motifs is 1. The molecule has 0 spiro atoms. The molecule has 2 aliphatic rings. The van der Waals surface area contributed by atoms with E-state index in [1.807, 2.05) is 12.1 Å². The van der Waals surface area contributed by atoms with Crippen molar-refractivity contribution in [2.24, 2.45) is 5.92 Å². The number of rotatable bonds is 3. The molecule has 3 rings (SSSR count). The summed E-state index contributed by atoms with van der Waals surface area (Å²) in [6.45, 7) is 2.79. The van der Waals surface area contributed by atoms with Crippen molar-refractivity contribution < 1.29 is 9.59 Å². The molecule has 1 atom stereocenters. The summed E-state index contributed by atoms with van der Waals surface area (Å²) >= 11 is 0. The molecular weight excluding hydrogens is 302 g/mol. The fraction of sp³-hybridized carbons (Fsp3) is 0.500. The molecule has 1 aromatic rings. The first kappa shape index (κ1) is 16.8. The topological polar surface area (TPSA) is 70.2 Å². The highest BCUT2D eigenvalue weighted by Gasteiger charge is 2.18. The molecule has 3 N–H and O–H groups in total. The maximum atomic E-state index is 12.2. The third-order valence-corrected chi connectivity index (χ3v) is 4.21. The van der Waals surface area contributed by atoms with Crippen LogP contribution in [0.1, 0.15) is 35.2 Å². The lowest BCUT2D eigenvalue weighted by Crippen LogP contribution is -2.38. The van der Waals surface area contributed by atoms with Crippen LogP contribution in [0.3, 0.4) is 0 Å². The summed E-state index contributed by atoms with van der Waals surface area (Å²) in [4.78, 5) is 23.5. The predicted octanol–water partition coefficient (Wildman–Crippen LogP) is 1.72. The van der Waals surface area contributed by atoms with E-state index < -0.39 is 0 Å². The standard InChI is InChI=1S/C16H21N3O2.ClH/c20-15-6-4-12-8-13(3-5-14(12)19-15)16(21)18-10-11-2-1-7-17-9-11;/h3,5,8,11,17H,1-2,4,6-7,9-10H2,(H,18,21)(H,19,20);1H. The number of carbonyl (C=O) groups is 2. The maximum Gasteiger partial charge on any atom is 0.251 e. The van der Waals surface area contributed by atoms with Gasteiger partial charge in [0.15, 0.2) is 0 Å². The first-order chi connectivity index (χ1) is 10.2. The summed E-state index contributed by atoms with van der Waals surface area (Å²) in [7, 11) is 0. The van der Waals surface area contributed by atoms with Crippen molar-refractivity contribution in [2.75, 3.05) is 25.0 Å². The van der Waals surface area contributed by atoms with Crippen LogP contribution < -0.4 is 16.0 Å². The number of carbonyl (C=O) groups excluding carboxylic acids is 2. The monoisotopic (exact) mass is 323 g/mol. The lowest BCUT2D eigenvalue weighted by molar-refractivity contribution is -0.116. The molecule has 0 aliphatic carbocycles. The molecule has 2 aliphatic heterocycles. The Morgan fingerprint density at radius 2 is 2.18 bits per heavy atom. The highest BCUT2D eigenvalue weighted by Crippen LogP contribution is 2.23. The van der Waals surface area contributed by atoms with Crippen LogP contribution in [0.25, 0.3) is 0 Å². The maximum absolute atomic E-state index is 12.2. The van der Waals surface area contributed by atoms with Crippen LogP contribution in [0.2, 0.25) is 0 Å². The van der Waals surface area contributed by atoms with Crippen LogP contribution in [0.15, 0.2) is 18.2 Å². The second-order valence-corrected chi connectivity index (χ2v) is 5.84. The van der Waals surface area contributed by atoms with Crippen LogP contribution in [0.5, 0.6) is 0 Å². The van der Waals surface area contributed by atoms with Gasteiger partial charge in [-0.1, -0.05) is 0 Å². The van der Waals surface area contributed by atoms with E-state index in [-0.39, 0.29) is 24.2 Å². The van der Waals surface area contributed by atoms with Gasteiger partial charge in [-0.3, -0.25) is 9.59 Å². The molecule has 0 aromatic heterocycles. The van der Waals surface area contributed by atoms with E-state index >= 15 is 0 Å². The molecule has 2 amide bonds. The molecule has 2 heterocycles. The van der Waals surface area contributed by atoms with Crippen LogP contribution in [-0.2, 0) is 11.2 Å². The number of halogens is 1. The normalized spacial score (nSPS) is 20.4. The smallest absolute Gasteiger partial charge is 0.251 e. The lowest BCUT2D eigenvalue weighted by atomic mass is 9.98. The second-order valence-electron chi connectivity index (χ2n) is 5.84. The number of hydrogen-bond acceptors (Lipinski definition) is 3. The average Bonchev–Trinajstić information content (AvgIpc) is 2.53. The molecule has 120 valence electrons. The van der Waals surface area contributed by atoms with E-state index in [0.717, 1.165) is 30.9 Å². The van der Waals surface area contributed by atoms with Crippen molar-refractivity contribution in [1.29, 1.82) is 0 Å². The van der Waals surface area contributed by atoms with Gasteiger partial charge in [0.1, 0.15) is 0 Å². The van der Waals surface area contributed by atoms with Crippen LogP contribution in [0, 0.1) is 5.92 Å². The molecule has 5 nitrogen and oxygen atoms in total. The number of hydrogen-bond donors (Lipinski definition) is 3. The number of aryl methyl sites for hydroxylation is 1. The fourth-order valence-electron chi connectivity index (χ4n) is 2.96. The third kappa shape index (κ3) is 3.99. The van der Waals surface area contributed by atoms with Crippen molar-refractivity contribution >= 4 is 29.9 Å². The van der Waals surface area contributed by atoms with Crippen LogP contribution in [-0.4, -0.2) is 31.4 Å². The van der Waals surface area contributed by atoms with Gasteiger partial charge in [0.2, 0.25) is 5.91 Å². The summed E-state index contributed by atoms with van der Waals surface area (Å²) in [5.74, 6) is 0.546. The molecule has 0 radical (unpaired) electrons. The van der Waals surface area contributed by atoms with E-state index in [9.17, 15) is 9.59 Å². The Bertz CT molecular complexity index is 556. The first-order valence-corrected chi connectivity index (χ1v) is 7.64. The van der Waals surface area contributed by atoms with Crippen LogP contribution in [0.4, 0.5) is 5.69 Å². The molecule has 1 aromatic carbocycles. The quantitative estimate of drug-likeness (QED) is 0.793. The Morgan fingerprint density at radius 1 is 1.32 bits per heavy atom. The molecule has 1 saturated heterocycles. The van der Waals surface area contributed by atoms with Crippen molar-refractivity contribution in [3.63, 3.8) is 0 Å². The van der Waals surface area contributed by atoms with Gasteiger partial charge in [-0.25, -0.2) is 0 Å². The van der Waals surface area contributed by atoms with Crippen molar-refractivity contribution in [1.82, 2.24) is 10.6 Å². The molecule has 0 saturated carbocycles. The minimum absolute atomic E-state index is 0. The number of anilines is 1. The summed E-state index contributed by atoms with van der Waals surface area (Å²) in [5, 5.41) is 9.20. The molecule has 1 fully saturated rings. The molecule has 22 heavy (non-hydrogen) atoms. The highest BCUT2D eigenvalue weighted by atomic mass is 35.5. The average molecular weight is 324 g/mol. The van der Waals surface area contributed by atoms with E-state index in [2.05, 4.69) is 16.0 Å². The van der Waals surface area contributed by atoms with Crippen molar-refractivity contribution in [3.05, 3.63) is 29.3 Å². The Labute approximate surface area is 136 Å². The molecule has 1 unspecified atom stereocenters. The van der Waals surface area contributed by atoms with Gasteiger partial charge in [0, 0.05) is 24.2 Å². The van der Waals surface area contributed by atoms with Gasteiger partial charge in [0.25, 0.3) is 5.91 Å². The largest absolute Gasteiger partial charge is 0.352 e. The minimum atomic E-state index is -0.0275. The molecule has 6 heteroatoms. The van der Waals surface area contributed by atoms with E-state index in [0.29, 0.717) is 24.3 Å². The number of piperidine rings is 1. The highest BCUT2D eigenvalue weighted by molar-refractivity contribution is 5.97. The van der Waals surface area contributed by atoms with E-state index in [4.69, 9.17) is 0 Å². The third-order valence-electron chi connectivity index (χ3n) is 4.21. The zero-order valence-electron chi connectivity index (χ0n) is 12.5. The Morgan fingerprint density at radius 3 is 2.95 bits per heavy atom. The zero-order valence-corrected chi connectivity index (χ0v) is 13.3. The van der Waals surface area contributed by atoms with Gasteiger partial charge in [-0.2, -0.15) is 0 Å². The van der Waals surface area contributed by atoms with Crippen LogP contribution >= 0.6 is 12.4 Å². The Balaban J connectivity index is 0.00000176. The summed E-state index contributed by atoms with van der Waals surface area (Å²) in [5.41, 5.74) is 2.55. The SMILES string of the molecule is Cl.O=C1CCc2cc(C(=O)NCC3CCCNC3)ccc2N1. The van der Waals surface area contributed by atoms with Crippen molar-refractivity contribution in [2.45, 2.75) is 25.7 Å². The molecule has 0 bridgehead atoms. The Kier molecular flexibility index (Phi) is 5.80. The fourth-order valence-corrected chi connectivity index (χ4v) is 2.96. The number of nitrogens with one attached hydrogen (secondary N) is 3. The van der Waals surface area contributed by atoms with Gasteiger partial charge in [-0.15, -0.1) is 12.4 Å². The second kappa shape index (κ2) is 7.61. The molecular formula is C16H22ClN3O2. The van der Waals surface area contributed by atoms with Gasteiger partial charge in [-0.05, 0) is 62.0 Å². The summed E-state index contributed by atoms with van der Waals surface area (Å²) < 4.78 is 0. The van der Waals surface area contributed by atoms with Gasteiger partial charge < -0.3 is 16.0 Å². The van der Waals surface area contributed by atoms with E-state index in [1.165, 1.54) is 12.8 Å².